The molecule has 2 aromatic rings. The van der Waals surface area contributed by atoms with Gasteiger partial charge in [0.25, 0.3) is 0 Å². The molecule has 0 N–H and O–H groups in total. The molecule has 1 heterocycles. The smallest absolute Gasteiger partial charge is 0.126 e. The lowest BCUT2D eigenvalue weighted by atomic mass is 9.87. The average Bonchev–Trinajstić information content (AvgIpc) is 2.90. The Kier molecular flexibility index (Phi) is 3.52. The number of hydrogen-bond acceptors (Lipinski definition) is 1. The minimum atomic E-state index is 0.375. The van der Waals surface area contributed by atoms with Gasteiger partial charge in [-0.3, -0.25) is 0 Å². The molecule has 2 aromatic carbocycles. The van der Waals surface area contributed by atoms with Gasteiger partial charge in [-0.05, 0) is 54.5 Å². The van der Waals surface area contributed by atoms with E-state index in [-0.39, 0.29) is 0 Å². The Morgan fingerprint density at radius 3 is 2.29 bits per heavy atom. The largest absolute Gasteiger partial charge is 0.492 e. The van der Waals surface area contributed by atoms with Crippen LogP contribution in [-0.4, -0.2) is 6.61 Å². The Labute approximate surface area is 128 Å². The van der Waals surface area contributed by atoms with Crippen molar-refractivity contribution in [1.29, 1.82) is 0 Å². The van der Waals surface area contributed by atoms with Crippen molar-refractivity contribution in [2.24, 2.45) is 0 Å². The Morgan fingerprint density at radius 1 is 1.00 bits per heavy atom. The number of fused-ring (bicyclic) bond motifs is 1. The topological polar surface area (TPSA) is 9.23 Å². The van der Waals surface area contributed by atoms with Gasteiger partial charge in [0.15, 0.2) is 0 Å². The quantitative estimate of drug-likeness (QED) is 0.729. The summed E-state index contributed by atoms with van der Waals surface area (Å²) in [6.45, 7) is 11.8. The van der Waals surface area contributed by atoms with Gasteiger partial charge in [0.2, 0.25) is 0 Å². The van der Waals surface area contributed by atoms with E-state index in [1.54, 1.807) is 0 Å². The summed E-state index contributed by atoms with van der Waals surface area (Å²) in [6, 6.07) is 11.3. The Morgan fingerprint density at radius 2 is 1.67 bits per heavy atom. The minimum Gasteiger partial charge on any atom is -0.492 e. The lowest BCUT2D eigenvalue weighted by Crippen LogP contribution is -2.04. The van der Waals surface area contributed by atoms with Gasteiger partial charge in [-0.2, -0.15) is 0 Å². The highest BCUT2D eigenvalue weighted by molar-refractivity contribution is 5.56. The van der Waals surface area contributed by atoms with Gasteiger partial charge in [0.05, 0.1) is 6.61 Å². The van der Waals surface area contributed by atoms with Crippen LogP contribution in [0.5, 0.6) is 5.75 Å². The maximum Gasteiger partial charge on any atom is 0.126 e. The molecule has 0 aromatic heterocycles. The molecule has 1 unspecified atom stereocenters. The first kappa shape index (κ1) is 14.2. The lowest BCUT2D eigenvalue weighted by Gasteiger charge is -2.15. The third kappa shape index (κ3) is 2.35. The summed E-state index contributed by atoms with van der Waals surface area (Å²) in [7, 11) is 0. The van der Waals surface area contributed by atoms with Gasteiger partial charge in [-0.1, -0.05) is 44.2 Å². The van der Waals surface area contributed by atoms with Crippen LogP contribution in [0.2, 0.25) is 0 Å². The second kappa shape index (κ2) is 5.22. The highest BCUT2D eigenvalue weighted by atomic mass is 16.5. The Hall–Kier alpha value is -1.76. The molecule has 0 radical (unpaired) electrons. The van der Waals surface area contributed by atoms with E-state index in [9.17, 15) is 0 Å². The zero-order valence-electron chi connectivity index (χ0n) is 13.7. The number of hydrogen-bond donors (Lipinski definition) is 0. The third-order valence-electron chi connectivity index (χ3n) is 4.78. The highest BCUT2D eigenvalue weighted by Gasteiger charge is 2.29. The minimum absolute atomic E-state index is 0.375. The van der Waals surface area contributed by atoms with E-state index in [0.717, 1.165) is 12.4 Å². The van der Waals surface area contributed by atoms with E-state index in [0.29, 0.717) is 11.8 Å². The second-order valence-corrected chi connectivity index (χ2v) is 6.56. The van der Waals surface area contributed by atoms with Crippen molar-refractivity contribution in [2.75, 3.05) is 6.61 Å². The van der Waals surface area contributed by atoms with Crippen LogP contribution in [-0.2, 0) is 0 Å². The van der Waals surface area contributed by atoms with E-state index in [4.69, 9.17) is 4.74 Å². The standard InChI is InChI=1S/C20H24O/c1-12(2)16-6-8-17(9-7-16)18-11-21-20-15(5)13(3)10-14(4)19(18)20/h6-10,12,18H,11H2,1-5H3. The summed E-state index contributed by atoms with van der Waals surface area (Å²) in [6.07, 6.45) is 0. The zero-order valence-corrected chi connectivity index (χ0v) is 13.7. The predicted octanol–water partition coefficient (Wildman–Crippen LogP) is 5.26. The first-order chi connectivity index (χ1) is 9.99. The molecule has 1 aliphatic heterocycles. The highest BCUT2D eigenvalue weighted by Crippen LogP contribution is 2.43. The molecule has 1 heteroatoms. The molecule has 0 amide bonds. The van der Waals surface area contributed by atoms with E-state index in [1.165, 1.54) is 33.4 Å². The maximum absolute atomic E-state index is 6.04. The number of ether oxygens (including phenoxy) is 1. The zero-order chi connectivity index (χ0) is 15.1. The molecule has 0 aliphatic carbocycles. The normalized spacial score (nSPS) is 17.0. The van der Waals surface area contributed by atoms with E-state index in [2.05, 4.69) is 65.0 Å². The molecular formula is C20H24O. The summed E-state index contributed by atoms with van der Waals surface area (Å²) in [5, 5.41) is 0. The molecule has 1 aliphatic rings. The van der Waals surface area contributed by atoms with E-state index >= 15 is 0 Å². The maximum atomic E-state index is 6.04. The summed E-state index contributed by atoms with van der Waals surface area (Å²) in [4.78, 5) is 0. The summed E-state index contributed by atoms with van der Waals surface area (Å²) in [5.41, 5.74) is 8.11. The van der Waals surface area contributed by atoms with Crippen LogP contribution < -0.4 is 4.74 Å². The summed E-state index contributed by atoms with van der Waals surface area (Å²) in [5.74, 6) is 2.07. The van der Waals surface area contributed by atoms with Gasteiger partial charge in [-0.15, -0.1) is 0 Å². The number of rotatable bonds is 2. The fourth-order valence-corrected chi connectivity index (χ4v) is 3.32. The SMILES string of the molecule is Cc1cc(C)c2c(c1C)OCC2c1ccc(C(C)C)cc1. The van der Waals surface area contributed by atoms with Gasteiger partial charge in [-0.25, -0.2) is 0 Å². The molecule has 0 bridgehead atoms. The first-order valence-electron chi connectivity index (χ1n) is 7.82. The molecule has 110 valence electrons. The van der Waals surface area contributed by atoms with Crippen LogP contribution in [0.25, 0.3) is 0 Å². The monoisotopic (exact) mass is 280 g/mol. The second-order valence-electron chi connectivity index (χ2n) is 6.56. The fourth-order valence-electron chi connectivity index (χ4n) is 3.32. The molecule has 3 rings (SSSR count). The van der Waals surface area contributed by atoms with Crippen molar-refractivity contribution < 1.29 is 4.74 Å². The summed E-state index contributed by atoms with van der Waals surface area (Å²) >= 11 is 0. The van der Waals surface area contributed by atoms with Crippen molar-refractivity contribution in [3.05, 3.63) is 63.7 Å². The van der Waals surface area contributed by atoms with Crippen molar-refractivity contribution in [1.82, 2.24) is 0 Å². The van der Waals surface area contributed by atoms with Crippen molar-refractivity contribution in [2.45, 2.75) is 46.5 Å². The molecule has 1 nitrogen and oxygen atoms in total. The number of aryl methyl sites for hydroxylation is 2. The predicted molar refractivity (Wildman–Crippen MR) is 88.5 cm³/mol. The van der Waals surface area contributed by atoms with Gasteiger partial charge >= 0.3 is 0 Å². The first-order valence-corrected chi connectivity index (χ1v) is 7.82. The molecule has 0 saturated carbocycles. The van der Waals surface area contributed by atoms with Gasteiger partial charge in [0.1, 0.15) is 5.75 Å². The van der Waals surface area contributed by atoms with E-state index < -0.39 is 0 Å². The fraction of sp³-hybridized carbons (Fsp3) is 0.400. The Bertz CT molecular complexity index is 665. The van der Waals surface area contributed by atoms with E-state index in [1.807, 2.05) is 0 Å². The molecular weight excluding hydrogens is 256 g/mol. The molecule has 0 fully saturated rings. The van der Waals surface area contributed by atoms with Crippen molar-refractivity contribution in [3.8, 4) is 5.75 Å². The van der Waals surface area contributed by atoms with Crippen LogP contribution >= 0.6 is 0 Å². The van der Waals surface area contributed by atoms with Crippen molar-refractivity contribution in [3.63, 3.8) is 0 Å². The van der Waals surface area contributed by atoms with Crippen LogP contribution in [0.4, 0.5) is 0 Å². The number of benzene rings is 2. The Balaban J connectivity index is 2.03. The summed E-state index contributed by atoms with van der Waals surface area (Å²) < 4.78 is 6.04. The van der Waals surface area contributed by atoms with Crippen LogP contribution in [0.3, 0.4) is 0 Å². The molecule has 21 heavy (non-hydrogen) atoms. The molecule has 0 spiro atoms. The van der Waals surface area contributed by atoms with Gasteiger partial charge in [0, 0.05) is 11.5 Å². The van der Waals surface area contributed by atoms with Gasteiger partial charge < -0.3 is 4.74 Å². The van der Waals surface area contributed by atoms with Crippen LogP contribution in [0, 0.1) is 20.8 Å². The van der Waals surface area contributed by atoms with Crippen LogP contribution in [0.15, 0.2) is 30.3 Å². The van der Waals surface area contributed by atoms with Crippen LogP contribution in [0.1, 0.15) is 59.1 Å². The third-order valence-corrected chi connectivity index (χ3v) is 4.78. The molecule has 1 atom stereocenters. The van der Waals surface area contributed by atoms with Crippen molar-refractivity contribution >= 4 is 0 Å². The lowest BCUT2D eigenvalue weighted by molar-refractivity contribution is 0.341. The average molecular weight is 280 g/mol. The molecule has 0 saturated heterocycles.